The molecule has 0 saturated heterocycles. The van der Waals surface area contributed by atoms with E-state index in [-0.39, 0.29) is 0 Å². The molecule has 0 fully saturated rings. The van der Waals surface area contributed by atoms with Gasteiger partial charge in [-0.2, -0.15) is 9.03 Å². The maximum atomic E-state index is 4.39. The molecule has 0 spiro atoms. The Morgan fingerprint density at radius 3 is 2.06 bits per heavy atom. The number of hydrogen-bond donors (Lipinski definition) is 0. The van der Waals surface area contributed by atoms with Crippen molar-refractivity contribution < 1.29 is 0 Å². The molecular formula is C20H10N12. The van der Waals surface area contributed by atoms with E-state index in [0.29, 0.717) is 23.2 Å². The van der Waals surface area contributed by atoms with Gasteiger partial charge in [0.1, 0.15) is 0 Å². The number of nitrogens with zero attached hydrogens (tertiary/aromatic N) is 12. The van der Waals surface area contributed by atoms with Gasteiger partial charge in [-0.3, -0.25) is 0 Å². The van der Waals surface area contributed by atoms with Gasteiger partial charge in [-0.25, -0.2) is 0 Å². The molecule has 150 valence electrons. The lowest BCUT2D eigenvalue weighted by molar-refractivity contribution is 0.829. The summed E-state index contributed by atoms with van der Waals surface area (Å²) in [5, 5.41) is 45.0. The predicted octanol–water partition coefficient (Wildman–Crippen LogP) is 1.78. The number of aromatic nitrogens is 12. The second kappa shape index (κ2) is 6.25. The molecule has 0 N–H and O–H groups in total. The monoisotopic (exact) mass is 418 g/mol. The average molecular weight is 418 g/mol. The van der Waals surface area contributed by atoms with Gasteiger partial charge < -0.3 is 0 Å². The summed E-state index contributed by atoms with van der Waals surface area (Å²) in [4.78, 5) is 0. The van der Waals surface area contributed by atoms with Gasteiger partial charge in [0, 0.05) is 11.1 Å². The summed E-state index contributed by atoms with van der Waals surface area (Å²) in [5.41, 5.74) is 1.71. The third-order valence-electron chi connectivity index (χ3n) is 5.33. The standard InChI is InChI=1S/C20H10N12/c1-2-4-14-11(3-1)7-12-5-6-13(17-25-29-19-27-21-9-23-31(17)19)8-15(12)16(14)18-26-30-20-28-22-10-24-32(18)20/h1-10H. The summed E-state index contributed by atoms with van der Waals surface area (Å²) < 4.78 is 3.14. The van der Waals surface area contributed by atoms with E-state index in [4.69, 9.17) is 0 Å². The molecule has 0 saturated carbocycles. The van der Waals surface area contributed by atoms with Crippen molar-refractivity contribution >= 4 is 33.1 Å². The van der Waals surface area contributed by atoms with Crippen molar-refractivity contribution in [2.24, 2.45) is 0 Å². The molecule has 0 atom stereocenters. The van der Waals surface area contributed by atoms with Gasteiger partial charge >= 0.3 is 0 Å². The van der Waals surface area contributed by atoms with E-state index in [1.807, 2.05) is 30.3 Å². The molecule has 0 unspecified atom stereocenters. The summed E-state index contributed by atoms with van der Waals surface area (Å²) >= 11 is 0. The first kappa shape index (κ1) is 16.8. The molecule has 12 nitrogen and oxygen atoms in total. The van der Waals surface area contributed by atoms with Crippen molar-refractivity contribution in [3.05, 3.63) is 61.2 Å². The first-order chi connectivity index (χ1) is 15.9. The minimum Gasteiger partial charge on any atom is -0.173 e. The normalized spacial score (nSPS) is 11.8. The summed E-state index contributed by atoms with van der Waals surface area (Å²) in [5.74, 6) is 1.79. The van der Waals surface area contributed by atoms with Crippen molar-refractivity contribution in [3.63, 3.8) is 0 Å². The van der Waals surface area contributed by atoms with Crippen LogP contribution in [0.15, 0.2) is 61.2 Å². The Morgan fingerprint density at radius 2 is 1.25 bits per heavy atom. The molecular weight excluding hydrogens is 408 g/mol. The topological polar surface area (TPSA) is 138 Å². The average Bonchev–Trinajstić information content (AvgIpc) is 3.47. The second-order valence-corrected chi connectivity index (χ2v) is 7.07. The van der Waals surface area contributed by atoms with Crippen molar-refractivity contribution in [2.75, 3.05) is 0 Å². The molecule has 0 radical (unpaired) electrons. The number of hydrogen-bond acceptors (Lipinski definition) is 10. The SMILES string of the molecule is c1ccc2c(-c3nnc4nncnn34)c3cc(-c4nnc5nncnn45)ccc3cc2c1. The van der Waals surface area contributed by atoms with E-state index < -0.39 is 0 Å². The van der Waals surface area contributed by atoms with Crippen molar-refractivity contribution in [3.8, 4) is 22.8 Å². The zero-order valence-corrected chi connectivity index (χ0v) is 16.1. The van der Waals surface area contributed by atoms with Gasteiger partial charge in [0.2, 0.25) is 0 Å². The van der Waals surface area contributed by atoms with Crippen LogP contribution < -0.4 is 0 Å². The van der Waals surface area contributed by atoms with E-state index in [1.54, 1.807) is 9.03 Å². The van der Waals surface area contributed by atoms with Crippen molar-refractivity contribution in [2.45, 2.75) is 0 Å². The van der Waals surface area contributed by atoms with E-state index in [2.05, 4.69) is 69.2 Å². The zero-order valence-electron chi connectivity index (χ0n) is 16.1. The number of rotatable bonds is 2. The van der Waals surface area contributed by atoms with Gasteiger partial charge in [0.25, 0.3) is 11.6 Å². The Labute approximate surface area is 177 Å². The summed E-state index contributed by atoms with van der Waals surface area (Å²) in [6, 6.07) is 16.3. The molecule has 0 amide bonds. The predicted molar refractivity (Wildman–Crippen MR) is 112 cm³/mol. The van der Waals surface area contributed by atoms with Crippen molar-refractivity contribution in [1.29, 1.82) is 0 Å². The molecule has 7 aromatic rings. The van der Waals surface area contributed by atoms with Crippen LogP contribution in [0.4, 0.5) is 0 Å². The lowest BCUT2D eigenvalue weighted by Crippen LogP contribution is -1.99. The number of fused-ring (bicyclic) bond motifs is 4. The first-order valence-corrected chi connectivity index (χ1v) is 9.61. The third-order valence-corrected chi connectivity index (χ3v) is 5.33. The van der Waals surface area contributed by atoms with Crippen LogP contribution in [0.5, 0.6) is 0 Å². The smallest absolute Gasteiger partial charge is 0.173 e. The molecule has 0 bridgehead atoms. The van der Waals surface area contributed by atoms with Gasteiger partial charge in [-0.05, 0) is 33.7 Å². The number of benzene rings is 3. The maximum Gasteiger partial charge on any atom is 0.291 e. The Bertz CT molecular complexity index is 1800. The summed E-state index contributed by atoms with van der Waals surface area (Å²) in [6.07, 6.45) is 2.72. The minimum atomic E-state index is 0.325. The first-order valence-electron chi connectivity index (χ1n) is 9.61. The molecule has 12 heteroatoms. The quantitative estimate of drug-likeness (QED) is 0.382. The van der Waals surface area contributed by atoms with Crippen LogP contribution in [0.25, 0.3) is 55.9 Å². The molecule has 7 rings (SSSR count). The highest BCUT2D eigenvalue weighted by atomic mass is 15.4. The van der Waals surface area contributed by atoms with Crippen LogP contribution in [0, 0.1) is 0 Å². The van der Waals surface area contributed by atoms with Gasteiger partial charge in [0.05, 0.1) is 0 Å². The molecule has 32 heavy (non-hydrogen) atoms. The van der Waals surface area contributed by atoms with Crippen LogP contribution in [0.2, 0.25) is 0 Å². The lowest BCUT2D eigenvalue weighted by atomic mass is 9.95. The van der Waals surface area contributed by atoms with Crippen LogP contribution in [-0.4, -0.2) is 60.0 Å². The molecule has 4 heterocycles. The fraction of sp³-hybridized carbons (Fsp3) is 0. The molecule has 0 aliphatic rings. The van der Waals surface area contributed by atoms with Gasteiger partial charge in [-0.15, -0.1) is 51.0 Å². The highest BCUT2D eigenvalue weighted by Gasteiger charge is 2.19. The van der Waals surface area contributed by atoms with Crippen LogP contribution in [0.1, 0.15) is 0 Å². The largest absolute Gasteiger partial charge is 0.291 e. The minimum absolute atomic E-state index is 0.325. The second-order valence-electron chi connectivity index (χ2n) is 7.07. The molecule has 4 aromatic heterocycles. The Balaban J connectivity index is 1.60. The Morgan fingerprint density at radius 1 is 0.562 bits per heavy atom. The molecule has 0 aliphatic carbocycles. The van der Waals surface area contributed by atoms with Gasteiger partial charge in [-0.1, -0.05) is 36.4 Å². The molecule has 0 aliphatic heterocycles. The lowest BCUT2D eigenvalue weighted by Gasteiger charge is -2.11. The summed E-state index contributed by atoms with van der Waals surface area (Å²) in [6.45, 7) is 0. The van der Waals surface area contributed by atoms with Crippen LogP contribution in [0.3, 0.4) is 0 Å². The van der Waals surface area contributed by atoms with Crippen LogP contribution >= 0.6 is 0 Å². The Hall–Kier alpha value is -5.00. The summed E-state index contributed by atoms with van der Waals surface area (Å²) in [7, 11) is 0. The third kappa shape index (κ3) is 2.31. The zero-order chi connectivity index (χ0) is 21.1. The van der Waals surface area contributed by atoms with Gasteiger partial charge in [0.15, 0.2) is 24.3 Å². The highest BCUT2D eigenvalue weighted by Crippen LogP contribution is 2.37. The van der Waals surface area contributed by atoms with E-state index in [9.17, 15) is 0 Å². The fourth-order valence-electron chi connectivity index (χ4n) is 3.96. The van der Waals surface area contributed by atoms with E-state index in [1.165, 1.54) is 12.7 Å². The maximum absolute atomic E-state index is 4.39. The fourth-order valence-corrected chi connectivity index (χ4v) is 3.96. The van der Waals surface area contributed by atoms with E-state index in [0.717, 1.165) is 32.7 Å². The van der Waals surface area contributed by atoms with Crippen molar-refractivity contribution in [1.82, 2.24) is 60.0 Å². The van der Waals surface area contributed by atoms with E-state index >= 15 is 0 Å². The highest BCUT2D eigenvalue weighted by molar-refractivity contribution is 6.12. The molecule has 3 aromatic carbocycles. The van der Waals surface area contributed by atoms with Crippen LogP contribution in [-0.2, 0) is 0 Å². The Kier molecular flexibility index (Phi) is 3.27.